The van der Waals surface area contributed by atoms with Gasteiger partial charge in [0.15, 0.2) is 52.4 Å². The number of hydrogen-bond donors (Lipinski definition) is 0. The highest BCUT2D eigenvalue weighted by Crippen LogP contribution is 2.50. The summed E-state index contributed by atoms with van der Waals surface area (Å²) in [5.41, 5.74) is 41.2. The van der Waals surface area contributed by atoms with Gasteiger partial charge < -0.3 is 0 Å². The second kappa shape index (κ2) is 38.1. The Balaban J connectivity index is 0.000000115. The number of benzene rings is 16. The Hall–Kier alpha value is -18.9. The Labute approximate surface area is 817 Å². The Morgan fingerprint density at radius 1 is 0.113 bits per heavy atom. The van der Waals surface area contributed by atoms with E-state index in [0.29, 0.717) is 75.2 Å². The van der Waals surface area contributed by atoms with Crippen LogP contribution in [-0.4, -0.2) is 64.8 Å². The van der Waals surface area contributed by atoms with Crippen molar-refractivity contribution in [2.45, 2.75) is 19.3 Å². The number of nitrogens with zero attached hydrogens (tertiary/aromatic N) is 13. The molecule has 7 heterocycles. The smallest absolute Gasteiger partial charge is 0.182 e. The van der Waals surface area contributed by atoms with Crippen molar-refractivity contribution in [2.24, 2.45) is 0 Å². The van der Waals surface area contributed by atoms with Gasteiger partial charge in [-0.25, -0.2) is 59.8 Å². The van der Waals surface area contributed by atoms with Crippen LogP contribution in [0.25, 0.3) is 226 Å². The van der Waals surface area contributed by atoms with Crippen molar-refractivity contribution in [1.29, 1.82) is 0 Å². The molecule has 13 nitrogen and oxygen atoms in total. The summed E-state index contributed by atoms with van der Waals surface area (Å²) in [6.45, 7) is 0. The van der Waals surface area contributed by atoms with E-state index < -0.39 is 0 Å². The molecule has 0 spiro atoms. The topological polar surface area (TPSA) is 168 Å². The van der Waals surface area contributed by atoms with Crippen molar-refractivity contribution >= 4 is 0 Å². The van der Waals surface area contributed by atoms with E-state index in [-0.39, 0.29) is 0 Å². The second-order valence-corrected chi connectivity index (χ2v) is 35.0. The van der Waals surface area contributed by atoms with E-state index in [1.807, 2.05) is 212 Å². The lowest BCUT2D eigenvalue weighted by Gasteiger charge is -2.12. The lowest BCUT2D eigenvalue weighted by molar-refractivity contribution is 1.05. The first-order valence-corrected chi connectivity index (χ1v) is 47.4. The molecule has 0 amide bonds. The molecular weight excluding hydrogens is 1720 g/mol. The lowest BCUT2D eigenvalue weighted by atomic mass is 9.94. The zero-order valence-electron chi connectivity index (χ0n) is 76.5. The number of pyridine rings is 4. The van der Waals surface area contributed by atoms with Gasteiger partial charge in [-0.2, -0.15) is 0 Å². The number of hydrogen-bond acceptors (Lipinski definition) is 13. The van der Waals surface area contributed by atoms with E-state index in [0.717, 1.165) is 97.5 Å². The highest BCUT2D eigenvalue weighted by Gasteiger charge is 2.30. The Kier molecular flexibility index (Phi) is 23.0. The maximum absolute atomic E-state index is 5.18. The number of fused-ring (bicyclic) bond motifs is 9. The molecule has 662 valence electrons. The molecule has 141 heavy (non-hydrogen) atoms. The van der Waals surface area contributed by atoms with Gasteiger partial charge >= 0.3 is 0 Å². The summed E-state index contributed by atoms with van der Waals surface area (Å²) in [4.78, 5) is 64.5. The Bertz CT molecular complexity index is 8520. The molecule has 0 saturated carbocycles. The molecule has 16 aromatic carbocycles. The molecule has 0 radical (unpaired) electrons. The summed E-state index contributed by atoms with van der Waals surface area (Å²) in [5, 5.41) is 0. The zero-order chi connectivity index (χ0) is 93.7. The highest BCUT2D eigenvalue weighted by molar-refractivity contribution is 5.94. The second-order valence-electron chi connectivity index (χ2n) is 35.0. The van der Waals surface area contributed by atoms with Gasteiger partial charge in [0, 0.05) is 56.3 Å². The van der Waals surface area contributed by atoms with Crippen LogP contribution in [0.5, 0.6) is 0 Å². The average molecular weight is 1810 g/mol. The van der Waals surface area contributed by atoms with Crippen molar-refractivity contribution in [3.63, 3.8) is 0 Å². The van der Waals surface area contributed by atoms with Gasteiger partial charge in [0.05, 0.1) is 17.1 Å². The molecule has 0 saturated heterocycles. The van der Waals surface area contributed by atoms with Crippen molar-refractivity contribution in [2.75, 3.05) is 0 Å². The van der Waals surface area contributed by atoms with E-state index in [1.165, 1.54) is 106 Å². The molecule has 0 fully saturated rings. The quantitative estimate of drug-likeness (QED) is 0.0845. The van der Waals surface area contributed by atoms with E-state index in [4.69, 9.17) is 64.8 Å². The molecule has 3 aliphatic rings. The van der Waals surface area contributed by atoms with Crippen LogP contribution in [0.1, 0.15) is 33.4 Å². The van der Waals surface area contributed by atoms with Crippen LogP contribution in [0.4, 0.5) is 0 Å². The molecule has 0 unspecified atom stereocenters. The van der Waals surface area contributed by atoms with Gasteiger partial charge in [0.2, 0.25) is 0 Å². The fourth-order valence-corrected chi connectivity index (χ4v) is 19.6. The first-order chi connectivity index (χ1) is 69.9. The third-order valence-corrected chi connectivity index (χ3v) is 26.4. The minimum Gasteiger partial charge on any atom is -0.252 e. The van der Waals surface area contributed by atoms with E-state index in [2.05, 4.69) is 267 Å². The molecular formula is C128H85N13. The first kappa shape index (κ1) is 85.1. The highest BCUT2D eigenvalue weighted by atomic mass is 15.1. The lowest BCUT2D eigenvalue weighted by Crippen LogP contribution is -2.02. The molecule has 26 rings (SSSR count). The van der Waals surface area contributed by atoms with E-state index >= 15 is 0 Å². The fraction of sp³-hybridized carbons (Fsp3) is 0.0234. The normalized spacial score (nSPS) is 11.6. The number of rotatable bonds is 17. The standard InChI is InChI=1S/C45H30N4.C44H29N5.C39H26N4/c1-4-14-30(15-5-1)35-22-11-24-37-38-25-12-23-36(40(38)29-39(35)37)33-20-10-21-34(28-33)44-47-43(32-18-8-3-9-19-32)48-45(49-44)42-27-13-26-41(46-42)31-16-6-2-7-17-31;1-4-13-29(14-5-1)32-25-26-40(45-28-32)43-47-42(31-17-8-3-9-18-31)48-44(49-43)41-24-12-23-39(46-41)36-22-11-21-35-34-20-10-19-33(37(34)27-38(35)36)30-15-6-2-7-16-30;1-4-13-26(14-5-1)29-19-10-20-30-31-21-11-22-32(34(31)25-33(29)30)35-23-12-24-36(40-35)39-42-37(27-15-6-2-7-16-27)41-38(43-39)28-17-8-3-9-18-28/h1-28H,29H2;1-26,28H,27H2;1-24H,25H2. The zero-order valence-corrected chi connectivity index (χ0v) is 76.5. The van der Waals surface area contributed by atoms with Crippen molar-refractivity contribution in [3.8, 4) is 226 Å². The predicted octanol–water partition coefficient (Wildman–Crippen LogP) is 30.2. The third-order valence-electron chi connectivity index (χ3n) is 26.4. The van der Waals surface area contributed by atoms with Crippen LogP contribution in [-0.2, 0) is 19.3 Å². The van der Waals surface area contributed by atoms with Crippen LogP contribution in [0.2, 0.25) is 0 Å². The molecule has 0 atom stereocenters. The molecule has 3 aliphatic carbocycles. The Morgan fingerprint density at radius 2 is 0.333 bits per heavy atom. The molecule has 0 aliphatic heterocycles. The van der Waals surface area contributed by atoms with Gasteiger partial charge in [-0.15, -0.1) is 0 Å². The maximum Gasteiger partial charge on any atom is 0.182 e. The largest absolute Gasteiger partial charge is 0.252 e. The van der Waals surface area contributed by atoms with Crippen molar-refractivity contribution in [3.05, 3.63) is 513 Å². The maximum atomic E-state index is 5.18. The summed E-state index contributed by atoms with van der Waals surface area (Å²) < 4.78 is 0. The summed E-state index contributed by atoms with van der Waals surface area (Å²) in [6.07, 6.45) is 4.45. The van der Waals surface area contributed by atoms with Crippen LogP contribution in [0.15, 0.2) is 479 Å². The molecule has 23 aromatic rings. The average Bonchev–Trinajstić information content (AvgIpc) is 1.61. The minimum atomic E-state index is 0.500. The molecule has 0 N–H and O–H groups in total. The summed E-state index contributed by atoms with van der Waals surface area (Å²) in [5.74, 6) is 5.14. The van der Waals surface area contributed by atoms with Crippen LogP contribution >= 0.6 is 0 Å². The monoisotopic (exact) mass is 1800 g/mol. The predicted molar refractivity (Wildman–Crippen MR) is 568 cm³/mol. The van der Waals surface area contributed by atoms with Gasteiger partial charge in [0.1, 0.15) is 22.8 Å². The Morgan fingerprint density at radius 3 is 0.667 bits per heavy atom. The molecule has 7 aromatic heterocycles. The van der Waals surface area contributed by atoms with Gasteiger partial charge in [-0.1, -0.05) is 425 Å². The summed E-state index contributed by atoms with van der Waals surface area (Å²) in [7, 11) is 0. The fourth-order valence-electron chi connectivity index (χ4n) is 19.6. The van der Waals surface area contributed by atoms with Crippen molar-refractivity contribution in [1.82, 2.24) is 64.8 Å². The summed E-state index contributed by atoms with van der Waals surface area (Å²) >= 11 is 0. The van der Waals surface area contributed by atoms with Gasteiger partial charge in [-0.05, 0) is 185 Å². The third kappa shape index (κ3) is 17.3. The van der Waals surface area contributed by atoms with Crippen LogP contribution < -0.4 is 0 Å². The minimum absolute atomic E-state index is 0.500. The molecule has 0 bridgehead atoms. The van der Waals surface area contributed by atoms with Gasteiger partial charge in [0.25, 0.3) is 0 Å². The van der Waals surface area contributed by atoms with Crippen LogP contribution in [0.3, 0.4) is 0 Å². The van der Waals surface area contributed by atoms with Crippen LogP contribution in [0, 0.1) is 0 Å². The van der Waals surface area contributed by atoms with E-state index in [1.54, 1.807) is 0 Å². The van der Waals surface area contributed by atoms with E-state index in [9.17, 15) is 0 Å². The SMILES string of the molecule is c1ccc(-c2ccc(-c3nc(-c4ccccc4)nc(-c4cccc(-c5cccc6c5Cc5c(-c7ccccc7)cccc5-6)n4)n3)nc2)cc1.c1ccc(-c2cccc(-c3nc(-c4ccccc4)nc(-c4cccc(-c5cccc6c5Cc5c(-c7ccccc7)cccc5-6)c4)n3)n2)cc1.c1ccc(-c2nc(-c3ccccc3)nc(-c3cccc(-c4cccc5c4Cc4c(-c6ccccc6)cccc4-5)n3)n2)cc1. The summed E-state index contributed by atoms with van der Waals surface area (Å²) in [6, 6.07) is 163. The molecule has 13 heteroatoms. The number of aromatic nitrogens is 13. The van der Waals surface area contributed by atoms with Gasteiger partial charge in [-0.3, -0.25) is 4.98 Å². The van der Waals surface area contributed by atoms with Crippen molar-refractivity contribution < 1.29 is 0 Å². The first-order valence-electron chi connectivity index (χ1n) is 47.4.